The number of carbonyl (C=O) groups is 1. The van der Waals surface area contributed by atoms with Gasteiger partial charge in [-0.2, -0.15) is 0 Å². The molecule has 1 aliphatic heterocycles. The van der Waals surface area contributed by atoms with Crippen LogP contribution in [0.25, 0.3) is 0 Å². The zero-order chi connectivity index (χ0) is 14.0. The molecular weight excluding hydrogens is 238 g/mol. The van der Waals surface area contributed by atoms with E-state index in [0.717, 1.165) is 36.4 Å². The van der Waals surface area contributed by atoms with Crippen molar-refractivity contribution in [2.45, 2.75) is 19.9 Å². The summed E-state index contributed by atoms with van der Waals surface area (Å²) in [7, 11) is 4.08. The van der Waals surface area contributed by atoms with E-state index in [2.05, 4.69) is 22.2 Å². The number of rotatable bonds is 2. The fourth-order valence-electron chi connectivity index (χ4n) is 2.51. The van der Waals surface area contributed by atoms with Gasteiger partial charge in [0.1, 0.15) is 6.04 Å². The largest absolute Gasteiger partial charge is 0.324 e. The number of aryl methyl sites for hydroxylation is 2. The Kier molecular flexibility index (Phi) is 4.22. The molecule has 1 aromatic carbocycles. The molecule has 0 saturated carbocycles. The maximum atomic E-state index is 12.4. The van der Waals surface area contributed by atoms with E-state index in [0.29, 0.717) is 0 Å². The lowest BCUT2D eigenvalue weighted by Crippen LogP contribution is -2.55. The van der Waals surface area contributed by atoms with Crippen molar-refractivity contribution in [1.82, 2.24) is 9.80 Å². The SMILES string of the molecule is Cc1cccc(C)c1NC(=O)C1CN(C)CCN1C. The first-order chi connectivity index (χ1) is 8.99. The summed E-state index contributed by atoms with van der Waals surface area (Å²) in [6.45, 7) is 6.79. The van der Waals surface area contributed by atoms with Gasteiger partial charge in [0.25, 0.3) is 0 Å². The van der Waals surface area contributed by atoms with E-state index in [9.17, 15) is 4.79 Å². The van der Waals surface area contributed by atoms with Gasteiger partial charge in [-0.05, 0) is 39.1 Å². The second kappa shape index (κ2) is 5.72. The molecule has 1 aliphatic rings. The molecular formula is C15H23N3O. The Labute approximate surface area is 115 Å². The molecule has 1 amide bonds. The lowest BCUT2D eigenvalue weighted by molar-refractivity contribution is -0.122. The summed E-state index contributed by atoms with van der Waals surface area (Å²) < 4.78 is 0. The number of benzene rings is 1. The third-order valence-electron chi connectivity index (χ3n) is 3.88. The zero-order valence-electron chi connectivity index (χ0n) is 12.2. The zero-order valence-corrected chi connectivity index (χ0v) is 12.2. The third kappa shape index (κ3) is 3.14. The molecule has 1 fully saturated rings. The first-order valence-electron chi connectivity index (χ1n) is 6.75. The number of nitrogens with one attached hydrogen (secondary N) is 1. The third-order valence-corrected chi connectivity index (χ3v) is 3.88. The summed E-state index contributed by atoms with van der Waals surface area (Å²) in [5.41, 5.74) is 3.18. The molecule has 1 heterocycles. The molecule has 19 heavy (non-hydrogen) atoms. The van der Waals surface area contributed by atoms with Gasteiger partial charge in [-0.1, -0.05) is 18.2 Å². The van der Waals surface area contributed by atoms with E-state index in [-0.39, 0.29) is 11.9 Å². The predicted molar refractivity (Wildman–Crippen MR) is 78.5 cm³/mol. The topological polar surface area (TPSA) is 35.6 Å². The van der Waals surface area contributed by atoms with E-state index in [1.807, 2.05) is 39.1 Å². The first kappa shape index (κ1) is 14.0. The molecule has 4 heteroatoms. The number of amides is 1. The fourth-order valence-corrected chi connectivity index (χ4v) is 2.51. The Bertz CT molecular complexity index is 452. The smallest absolute Gasteiger partial charge is 0.243 e. The van der Waals surface area contributed by atoms with Gasteiger partial charge < -0.3 is 10.2 Å². The minimum absolute atomic E-state index is 0.0715. The van der Waals surface area contributed by atoms with Crippen LogP contribution in [0.4, 0.5) is 5.69 Å². The quantitative estimate of drug-likeness (QED) is 0.876. The van der Waals surface area contributed by atoms with Gasteiger partial charge in [0.2, 0.25) is 5.91 Å². The Morgan fingerprint density at radius 1 is 1.21 bits per heavy atom. The number of hydrogen-bond acceptors (Lipinski definition) is 3. The molecule has 1 unspecified atom stereocenters. The molecule has 2 rings (SSSR count). The Hall–Kier alpha value is -1.39. The van der Waals surface area contributed by atoms with E-state index in [4.69, 9.17) is 0 Å². The molecule has 0 spiro atoms. The van der Waals surface area contributed by atoms with Gasteiger partial charge in [-0.3, -0.25) is 9.69 Å². The van der Waals surface area contributed by atoms with Crippen LogP contribution in [-0.2, 0) is 4.79 Å². The van der Waals surface area contributed by atoms with Crippen molar-refractivity contribution < 1.29 is 4.79 Å². The number of carbonyl (C=O) groups excluding carboxylic acids is 1. The molecule has 0 bridgehead atoms. The average Bonchev–Trinajstić information content (AvgIpc) is 2.37. The highest BCUT2D eigenvalue weighted by Crippen LogP contribution is 2.20. The van der Waals surface area contributed by atoms with Crippen LogP contribution in [-0.4, -0.2) is 55.5 Å². The average molecular weight is 261 g/mol. The minimum Gasteiger partial charge on any atom is -0.324 e. The molecule has 1 aromatic rings. The van der Waals surface area contributed by atoms with Gasteiger partial charge in [-0.25, -0.2) is 0 Å². The summed E-state index contributed by atoms with van der Waals surface area (Å²) in [5.74, 6) is 0.0893. The van der Waals surface area contributed by atoms with Crippen LogP contribution in [0.15, 0.2) is 18.2 Å². The van der Waals surface area contributed by atoms with Crippen LogP contribution in [0.2, 0.25) is 0 Å². The van der Waals surface area contributed by atoms with Gasteiger partial charge in [0.05, 0.1) is 0 Å². The van der Waals surface area contributed by atoms with Crippen molar-refractivity contribution in [3.8, 4) is 0 Å². The molecule has 104 valence electrons. The monoisotopic (exact) mass is 261 g/mol. The van der Waals surface area contributed by atoms with Crippen molar-refractivity contribution in [2.75, 3.05) is 39.0 Å². The number of anilines is 1. The summed E-state index contributed by atoms with van der Waals surface area (Å²) in [4.78, 5) is 16.8. The van der Waals surface area contributed by atoms with E-state index in [1.165, 1.54) is 0 Å². The molecule has 4 nitrogen and oxygen atoms in total. The number of hydrogen-bond donors (Lipinski definition) is 1. The highest BCUT2D eigenvalue weighted by atomic mass is 16.2. The van der Waals surface area contributed by atoms with Crippen molar-refractivity contribution in [3.05, 3.63) is 29.3 Å². The van der Waals surface area contributed by atoms with Gasteiger partial charge in [0.15, 0.2) is 0 Å². The number of likely N-dealkylation sites (N-methyl/N-ethyl adjacent to an activating group) is 2. The van der Waals surface area contributed by atoms with Crippen molar-refractivity contribution >= 4 is 11.6 Å². The summed E-state index contributed by atoms with van der Waals surface area (Å²) >= 11 is 0. The van der Waals surface area contributed by atoms with Crippen molar-refractivity contribution in [1.29, 1.82) is 0 Å². The van der Waals surface area contributed by atoms with Gasteiger partial charge in [-0.15, -0.1) is 0 Å². The molecule has 0 aliphatic carbocycles. The fraction of sp³-hybridized carbons (Fsp3) is 0.533. The van der Waals surface area contributed by atoms with Crippen LogP contribution >= 0.6 is 0 Å². The maximum absolute atomic E-state index is 12.4. The number of piperazine rings is 1. The second-order valence-corrected chi connectivity index (χ2v) is 5.51. The Balaban J connectivity index is 2.12. The van der Waals surface area contributed by atoms with Crippen LogP contribution in [0.5, 0.6) is 0 Å². The summed E-state index contributed by atoms with van der Waals surface area (Å²) in [6, 6.07) is 6.00. The standard InChI is InChI=1S/C15H23N3O/c1-11-6-5-7-12(2)14(11)16-15(19)13-10-17(3)8-9-18(13)4/h5-7,13H,8-10H2,1-4H3,(H,16,19). The molecule has 1 saturated heterocycles. The minimum atomic E-state index is -0.0715. The van der Waals surface area contributed by atoms with E-state index in [1.54, 1.807) is 0 Å². The molecule has 1 atom stereocenters. The van der Waals surface area contributed by atoms with Crippen LogP contribution in [0.3, 0.4) is 0 Å². The van der Waals surface area contributed by atoms with Crippen molar-refractivity contribution in [3.63, 3.8) is 0 Å². The van der Waals surface area contributed by atoms with Crippen LogP contribution in [0.1, 0.15) is 11.1 Å². The van der Waals surface area contributed by atoms with Crippen molar-refractivity contribution in [2.24, 2.45) is 0 Å². The second-order valence-electron chi connectivity index (χ2n) is 5.51. The maximum Gasteiger partial charge on any atom is 0.243 e. The summed E-state index contributed by atoms with van der Waals surface area (Å²) in [6.07, 6.45) is 0. The first-order valence-corrected chi connectivity index (χ1v) is 6.75. The lowest BCUT2D eigenvalue weighted by atomic mass is 10.1. The van der Waals surface area contributed by atoms with Gasteiger partial charge >= 0.3 is 0 Å². The number of nitrogens with zero attached hydrogens (tertiary/aromatic N) is 2. The van der Waals surface area contributed by atoms with Crippen LogP contribution < -0.4 is 5.32 Å². The van der Waals surface area contributed by atoms with E-state index >= 15 is 0 Å². The summed E-state index contributed by atoms with van der Waals surface area (Å²) in [5, 5.41) is 3.09. The number of para-hydroxylation sites is 1. The van der Waals surface area contributed by atoms with Gasteiger partial charge in [0, 0.05) is 25.3 Å². The molecule has 1 N–H and O–H groups in total. The molecule has 0 aromatic heterocycles. The van der Waals surface area contributed by atoms with Crippen LogP contribution in [0, 0.1) is 13.8 Å². The Morgan fingerprint density at radius 3 is 2.47 bits per heavy atom. The highest BCUT2D eigenvalue weighted by Gasteiger charge is 2.28. The Morgan fingerprint density at radius 2 is 1.84 bits per heavy atom. The highest BCUT2D eigenvalue weighted by molar-refractivity contribution is 5.96. The van der Waals surface area contributed by atoms with E-state index < -0.39 is 0 Å². The predicted octanol–water partition coefficient (Wildman–Crippen LogP) is 1.49. The lowest BCUT2D eigenvalue weighted by Gasteiger charge is -2.36. The molecule has 0 radical (unpaired) electrons. The normalized spacial score (nSPS) is 21.4.